The molecule has 2 N–H and O–H groups in total. The van der Waals surface area contributed by atoms with Crippen LogP contribution in [0.3, 0.4) is 0 Å². The van der Waals surface area contributed by atoms with Crippen LogP contribution in [0.15, 0.2) is 52.7 Å². The van der Waals surface area contributed by atoms with Crippen molar-refractivity contribution in [3.05, 3.63) is 47.6 Å². The molecule has 5 atom stereocenters. The molecule has 38 heavy (non-hydrogen) atoms. The maximum absolute atomic E-state index is 5.23. The van der Waals surface area contributed by atoms with Crippen LogP contribution in [-0.2, 0) is 0 Å². The van der Waals surface area contributed by atoms with Crippen LogP contribution in [0.25, 0.3) is 0 Å². The number of hydrogen-bond acceptors (Lipinski definition) is 4. The van der Waals surface area contributed by atoms with Crippen LogP contribution >= 0.6 is 0 Å². The number of hydrazine groups is 1. The standard InChI is InChI=1S/C34H62N4/c1-12-15-30(19-17-26(6)25(4)5)23-34-33(29(9)28(8)24-38(11)37-34)20-18-27(7)32(14-3)31(16-13-2)21-22-36-35-10/h12-13,15,19,25-29,33,35-36H,2,14,16-18,20-24H2,1,3-11H3/b15-12+,30-19+,32-31-/t26-,27?,28?,29?,33-/m1/s1. The molecule has 0 fully saturated rings. The molecular formula is C34H62N4. The van der Waals surface area contributed by atoms with E-state index in [2.05, 4.69) is 109 Å². The second kappa shape index (κ2) is 18.6. The molecule has 0 aromatic carbocycles. The Labute approximate surface area is 237 Å². The number of allylic oxidation sites excluding steroid dienone is 6. The third-order valence-corrected chi connectivity index (χ3v) is 8.93. The molecule has 0 aromatic rings. The van der Waals surface area contributed by atoms with E-state index in [4.69, 9.17) is 5.10 Å². The SMILES string of the molecule is C=CC/C(CCNNC)=C(\CC)C(C)CC[C@H]1C(CC(=C/C[C@@H](C)C(C)C)/C=C/C)=NN(C)CC(C)C1C. The summed E-state index contributed by atoms with van der Waals surface area (Å²) in [5, 5.41) is 7.44. The molecule has 0 aromatic heterocycles. The van der Waals surface area contributed by atoms with Crippen LogP contribution < -0.4 is 10.9 Å². The maximum atomic E-state index is 5.23. The van der Waals surface area contributed by atoms with Crippen LogP contribution in [0.4, 0.5) is 0 Å². The number of nitrogens with one attached hydrogen (secondary N) is 2. The first-order valence-electron chi connectivity index (χ1n) is 15.4. The van der Waals surface area contributed by atoms with E-state index >= 15 is 0 Å². The summed E-state index contributed by atoms with van der Waals surface area (Å²) < 4.78 is 0. The number of hydrazone groups is 1. The fraction of sp³-hybridized carbons (Fsp3) is 0.735. The summed E-state index contributed by atoms with van der Waals surface area (Å²) in [6.07, 6.45) is 16.7. The van der Waals surface area contributed by atoms with Gasteiger partial charge in [-0.15, -0.1) is 6.58 Å². The zero-order chi connectivity index (χ0) is 28.7. The summed E-state index contributed by atoms with van der Waals surface area (Å²) in [6, 6.07) is 0. The smallest absolute Gasteiger partial charge is 0.0457 e. The third kappa shape index (κ3) is 11.6. The van der Waals surface area contributed by atoms with Gasteiger partial charge in [-0.3, -0.25) is 15.9 Å². The highest BCUT2D eigenvalue weighted by molar-refractivity contribution is 5.89. The first kappa shape index (κ1) is 34.4. The highest BCUT2D eigenvalue weighted by atomic mass is 15.4. The third-order valence-electron chi connectivity index (χ3n) is 8.93. The van der Waals surface area contributed by atoms with Crippen molar-refractivity contribution < 1.29 is 0 Å². The summed E-state index contributed by atoms with van der Waals surface area (Å²) in [7, 11) is 4.10. The molecule has 4 heteroatoms. The maximum Gasteiger partial charge on any atom is 0.0457 e. The fourth-order valence-corrected chi connectivity index (χ4v) is 5.90. The molecule has 4 nitrogen and oxygen atoms in total. The van der Waals surface area contributed by atoms with Crippen LogP contribution in [0.2, 0.25) is 0 Å². The highest BCUT2D eigenvalue weighted by Gasteiger charge is 2.31. The van der Waals surface area contributed by atoms with Crippen molar-refractivity contribution in [2.24, 2.45) is 40.6 Å². The van der Waals surface area contributed by atoms with E-state index in [1.807, 2.05) is 7.05 Å². The lowest BCUT2D eigenvalue weighted by molar-refractivity contribution is 0.238. The Morgan fingerprint density at radius 2 is 1.92 bits per heavy atom. The van der Waals surface area contributed by atoms with E-state index in [1.165, 1.54) is 24.1 Å². The van der Waals surface area contributed by atoms with Gasteiger partial charge in [0.2, 0.25) is 0 Å². The lowest BCUT2D eigenvalue weighted by atomic mass is 9.75. The monoisotopic (exact) mass is 526 g/mol. The van der Waals surface area contributed by atoms with E-state index in [0.29, 0.717) is 35.5 Å². The van der Waals surface area contributed by atoms with Gasteiger partial charge in [-0.1, -0.05) is 83.9 Å². The summed E-state index contributed by atoms with van der Waals surface area (Å²) in [5.74, 6) is 3.73. The zero-order valence-electron chi connectivity index (χ0n) is 26.7. The molecule has 0 saturated heterocycles. The van der Waals surface area contributed by atoms with Gasteiger partial charge >= 0.3 is 0 Å². The molecule has 1 heterocycles. The van der Waals surface area contributed by atoms with Crippen LogP contribution in [0.5, 0.6) is 0 Å². The van der Waals surface area contributed by atoms with Crippen molar-refractivity contribution in [1.82, 2.24) is 15.9 Å². The first-order valence-corrected chi connectivity index (χ1v) is 15.4. The van der Waals surface area contributed by atoms with Gasteiger partial charge in [-0.25, -0.2) is 0 Å². The van der Waals surface area contributed by atoms with Gasteiger partial charge in [-0.05, 0) is 87.7 Å². The topological polar surface area (TPSA) is 39.7 Å². The van der Waals surface area contributed by atoms with Gasteiger partial charge in [0.25, 0.3) is 0 Å². The van der Waals surface area contributed by atoms with Crippen LogP contribution in [-0.4, -0.2) is 37.9 Å². The molecule has 3 unspecified atom stereocenters. The van der Waals surface area contributed by atoms with Crippen LogP contribution in [0.1, 0.15) is 100 Å². The van der Waals surface area contributed by atoms with Gasteiger partial charge in [0.05, 0.1) is 0 Å². The predicted molar refractivity (Wildman–Crippen MR) is 170 cm³/mol. The van der Waals surface area contributed by atoms with Gasteiger partial charge in [0, 0.05) is 38.2 Å². The van der Waals surface area contributed by atoms with E-state index in [0.717, 1.165) is 45.2 Å². The average Bonchev–Trinajstić information content (AvgIpc) is 2.96. The van der Waals surface area contributed by atoms with Crippen molar-refractivity contribution in [2.75, 3.05) is 27.2 Å². The lowest BCUT2D eigenvalue weighted by Crippen LogP contribution is -2.29. The van der Waals surface area contributed by atoms with Gasteiger partial charge in [0.1, 0.15) is 0 Å². The second-order valence-electron chi connectivity index (χ2n) is 12.2. The molecule has 0 saturated carbocycles. The molecule has 1 aliphatic heterocycles. The minimum atomic E-state index is 0.514. The van der Waals surface area contributed by atoms with E-state index in [-0.39, 0.29) is 0 Å². The predicted octanol–water partition coefficient (Wildman–Crippen LogP) is 8.56. The van der Waals surface area contributed by atoms with Crippen molar-refractivity contribution >= 4 is 5.71 Å². The Hall–Kier alpha value is -1.65. The Kier molecular flexibility index (Phi) is 16.8. The minimum Gasteiger partial charge on any atom is -0.300 e. The zero-order valence-corrected chi connectivity index (χ0v) is 26.7. The van der Waals surface area contributed by atoms with Crippen molar-refractivity contribution in [3.8, 4) is 0 Å². The average molecular weight is 527 g/mol. The van der Waals surface area contributed by atoms with Crippen LogP contribution in [0, 0.1) is 35.5 Å². The Bertz CT molecular complexity index is 803. The van der Waals surface area contributed by atoms with E-state index in [9.17, 15) is 0 Å². The molecule has 218 valence electrons. The van der Waals surface area contributed by atoms with Crippen molar-refractivity contribution in [3.63, 3.8) is 0 Å². The number of nitrogens with zero attached hydrogens (tertiary/aromatic N) is 2. The summed E-state index contributed by atoms with van der Waals surface area (Å²) >= 11 is 0. The molecular weight excluding hydrogens is 464 g/mol. The summed E-state index contributed by atoms with van der Waals surface area (Å²) in [4.78, 5) is 0. The van der Waals surface area contributed by atoms with Crippen molar-refractivity contribution in [2.45, 2.75) is 100 Å². The summed E-state index contributed by atoms with van der Waals surface area (Å²) in [5.41, 5.74) is 12.3. The summed E-state index contributed by atoms with van der Waals surface area (Å²) in [6.45, 7) is 24.8. The van der Waals surface area contributed by atoms with Gasteiger partial charge in [0.15, 0.2) is 0 Å². The molecule has 1 aliphatic rings. The Morgan fingerprint density at radius 3 is 2.50 bits per heavy atom. The van der Waals surface area contributed by atoms with Gasteiger partial charge < -0.3 is 0 Å². The molecule has 0 aliphatic carbocycles. The Morgan fingerprint density at radius 1 is 1.21 bits per heavy atom. The number of hydrogen-bond donors (Lipinski definition) is 2. The fourth-order valence-electron chi connectivity index (χ4n) is 5.90. The molecule has 0 amide bonds. The molecule has 0 bridgehead atoms. The molecule has 0 radical (unpaired) electrons. The highest BCUT2D eigenvalue weighted by Crippen LogP contribution is 2.35. The normalized spacial score (nSPS) is 23.3. The largest absolute Gasteiger partial charge is 0.300 e. The molecule has 1 rings (SSSR count). The Balaban J connectivity index is 3.21. The van der Waals surface area contributed by atoms with E-state index in [1.54, 1.807) is 11.1 Å². The first-order chi connectivity index (χ1) is 18.1. The van der Waals surface area contributed by atoms with E-state index < -0.39 is 0 Å². The van der Waals surface area contributed by atoms with Crippen molar-refractivity contribution in [1.29, 1.82) is 0 Å². The minimum absolute atomic E-state index is 0.514. The molecule has 0 spiro atoms. The second-order valence-corrected chi connectivity index (χ2v) is 12.2. The quantitative estimate of drug-likeness (QED) is 0.0863. The van der Waals surface area contributed by atoms with Gasteiger partial charge in [-0.2, -0.15) is 5.10 Å². The lowest BCUT2D eigenvalue weighted by Gasteiger charge is -2.29. The number of rotatable bonds is 17.